The van der Waals surface area contributed by atoms with Gasteiger partial charge in [-0.05, 0) is 50.0 Å². The summed E-state index contributed by atoms with van der Waals surface area (Å²) >= 11 is 0. The molecule has 2 unspecified atom stereocenters. The van der Waals surface area contributed by atoms with Gasteiger partial charge in [0.05, 0.1) is 0 Å². The summed E-state index contributed by atoms with van der Waals surface area (Å²) in [7, 11) is 0. The second-order valence-corrected chi connectivity index (χ2v) is 4.94. The van der Waals surface area contributed by atoms with Crippen LogP contribution in [-0.2, 0) is 0 Å². The molecule has 1 fully saturated rings. The summed E-state index contributed by atoms with van der Waals surface area (Å²) < 4.78 is 0. The molecule has 0 amide bonds. The molecule has 0 saturated heterocycles. The Hall–Kier alpha value is -0.300. The minimum atomic E-state index is 0.690. The Labute approximate surface area is 82.4 Å². The molecule has 0 aromatic carbocycles. The number of nitrogens with two attached hydrogens (primary N) is 1. The van der Waals surface area contributed by atoms with Crippen molar-refractivity contribution in [1.82, 2.24) is 0 Å². The van der Waals surface area contributed by atoms with Crippen LogP contribution in [0.2, 0.25) is 0 Å². The fourth-order valence-corrected chi connectivity index (χ4v) is 2.68. The van der Waals surface area contributed by atoms with Gasteiger partial charge in [-0.3, -0.25) is 0 Å². The Balaban J connectivity index is 2.53. The van der Waals surface area contributed by atoms with Gasteiger partial charge >= 0.3 is 0 Å². The summed E-state index contributed by atoms with van der Waals surface area (Å²) in [6, 6.07) is 0. The van der Waals surface area contributed by atoms with E-state index in [0.717, 1.165) is 24.8 Å². The maximum Gasteiger partial charge on any atom is -0.00457 e. The molecule has 0 aliphatic heterocycles. The lowest BCUT2D eigenvalue weighted by molar-refractivity contribution is 0.305. The lowest BCUT2D eigenvalue weighted by Crippen LogP contribution is -2.21. The third kappa shape index (κ3) is 3.51. The number of hydrogen-bond donors (Lipinski definition) is 1. The van der Waals surface area contributed by atoms with E-state index >= 15 is 0 Å². The minimum absolute atomic E-state index is 0.690. The molecule has 0 radical (unpaired) electrons. The van der Waals surface area contributed by atoms with Crippen molar-refractivity contribution in [2.24, 2.45) is 23.5 Å². The van der Waals surface area contributed by atoms with E-state index in [9.17, 15) is 0 Å². The molecular formula is C12H23N. The number of rotatable bonds is 1. The summed E-state index contributed by atoms with van der Waals surface area (Å²) in [5.74, 6) is 2.35. The van der Waals surface area contributed by atoms with Gasteiger partial charge in [-0.1, -0.05) is 26.0 Å². The van der Waals surface area contributed by atoms with Crippen LogP contribution in [0.1, 0.15) is 39.5 Å². The van der Waals surface area contributed by atoms with Gasteiger partial charge < -0.3 is 5.73 Å². The second kappa shape index (κ2) is 4.80. The quantitative estimate of drug-likeness (QED) is 0.618. The van der Waals surface area contributed by atoms with Crippen LogP contribution in [0.25, 0.3) is 0 Å². The first-order valence-corrected chi connectivity index (χ1v) is 5.48. The Morgan fingerprint density at radius 2 is 1.92 bits per heavy atom. The van der Waals surface area contributed by atoms with Crippen molar-refractivity contribution >= 4 is 0 Å². The van der Waals surface area contributed by atoms with Crippen molar-refractivity contribution in [2.75, 3.05) is 6.54 Å². The molecule has 1 aliphatic carbocycles. The molecule has 3 atom stereocenters. The van der Waals surface area contributed by atoms with E-state index in [1.54, 1.807) is 0 Å². The van der Waals surface area contributed by atoms with Crippen molar-refractivity contribution in [1.29, 1.82) is 0 Å². The van der Waals surface area contributed by atoms with Crippen LogP contribution < -0.4 is 5.73 Å². The molecule has 76 valence electrons. The minimum Gasteiger partial charge on any atom is -0.330 e. The second-order valence-electron chi connectivity index (χ2n) is 4.94. The Morgan fingerprint density at radius 3 is 2.54 bits per heavy atom. The standard InChI is InChI=1S/C12H23N/c1-9-4-10(2)6-12(8-13)7-11(3)5-9/h9,11-12H,2,4-8,13H2,1,3H3/t9-,11?,12?/m0/s1. The Kier molecular flexibility index (Phi) is 3.98. The van der Waals surface area contributed by atoms with Crippen molar-refractivity contribution in [3.05, 3.63) is 12.2 Å². The van der Waals surface area contributed by atoms with Crippen LogP contribution in [0.5, 0.6) is 0 Å². The van der Waals surface area contributed by atoms with E-state index in [4.69, 9.17) is 5.73 Å². The van der Waals surface area contributed by atoms with Gasteiger partial charge in [-0.2, -0.15) is 0 Å². The van der Waals surface area contributed by atoms with E-state index in [2.05, 4.69) is 20.4 Å². The van der Waals surface area contributed by atoms with Gasteiger partial charge in [0.25, 0.3) is 0 Å². The highest BCUT2D eigenvalue weighted by Gasteiger charge is 2.19. The van der Waals surface area contributed by atoms with Crippen LogP contribution in [0, 0.1) is 17.8 Å². The van der Waals surface area contributed by atoms with E-state index in [-0.39, 0.29) is 0 Å². The van der Waals surface area contributed by atoms with Crippen LogP contribution in [-0.4, -0.2) is 6.54 Å². The highest BCUT2D eigenvalue weighted by Crippen LogP contribution is 2.31. The van der Waals surface area contributed by atoms with Crippen LogP contribution in [0.15, 0.2) is 12.2 Å². The predicted octanol–water partition coefficient (Wildman–Crippen LogP) is 2.96. The van der Waals surface area contributed by atoms with E-state index in [0.29, 0.717) is 5.92 Å². The van der Waals surface area contributed by atoms with Crippen molar-refractivity contribution < 1.29 is 0 Å². The molecule has 0 spiro atoms. The van der Waals surface area contributed by atoms with E-state index < -0.39 is 0 Å². The molecule has 0 aromatic heterocycles. The smallest absolute Gasteiger partial charge is 0.00457 e. The highest BCUT2D eigenvalue weighted by atomic mass is 14.5. The van der Waals surface area contributed by atoms with Gasteiger partial charge in [-0.25, -0.2) is 0 Å². The zero-order chi connectivity index (χ0) is 9.84. The molecule has 0 heterocycles. The van der Waals surface area contributed by atoms with Gasteiger partial charge in [0.2, 0.25) is 0 Å². The fraction of sp³-hybridized carbons (Fsp3) is 0.833. The fourth-order valence-electron chi connectivity index (χ4n) is 2.68. The summed E-state index contributed by atoms with van der Waals surface area (Å²) in [6.45, 7) is 9.66. The summed E-state index contributed by atoms with van der Waals surface area (Å²) in [5, 5.41) is 0. The number of allylic oxidation sites excluding steroid dienone is 1. The molecule has 1 rings (SSSR count). The normalized spacial score (nSPS) is 36.8. The average molecular weight is 181 g/mol. The average Bonchev–Trinajstić information content (AvgIpc) is 1.99. The van der Waals surface area contributed by atoms with Crippen LogP contribution in [0.3, 0.4) is 0 Å². The monoisotopic (exact) mass is 181 g/mol. The molecule has 1 saturated carbocycles. The van der Waals surface area contributed by atoms with Crippen LogP contribution in [0.4, 0.5) is 0 Å². The summed E-state index contributed by atoms with van der Waals surface area (Å²) in [4.78, 5) is 0. The number of hydrogen-bond acceptors (Lipinski definition) is 1. The highest BCUT2D eigenvalue weighted by molar-refractivity contribution is 4.99. The summed E-state index contributed by atoms with van der Waals surface area (Å²) in [5.41, 5.74) is 7.15. The maximum atomic E-state index is 5.74. The first-order chi connectivity index (χ1) is 6.11. The molecule has 1 heteroatoms. The molecule has 0 bridgehead atoms. The topological polar surface area (TPSA) is 26.0 Å². The largest absolute Gasteiger partial charge is 0.330 e. The van der Waals surface area contributed by atoms with Gasteiger partial charge in [0, 0.05) is 0 Å². The Bertz CT molecular complexity index is 174. The maximum absolute atomic E-state index is 5.74. The third-order valence-electron chi connectivity index (χ3n) is 3.09. The lowest BCUT2D eigenvalue weighted by atomic mass is 9.79. The van der Waals surface area contributed by atoms with Crippen molar-refractivity contribution in [3.63, 3.8) is 0 Å². The lowest BCUT2D eigenvalue weighted by Gasteiger charge is -2.27. The third-order valence-corrected chi connectivity index (χ3v) is 3.09. The zero-order valence-corrected chi connectivity index (χ0v) is 9.05. The zero-order valence-electron chi connectivity index (χ0n) is 9.05. The molecule has 1 nitrogen and oxygen atoms in total. The van der Waals surface area contributed by atoms with Gasteiger partial charge in [0.15, 0.2) is 0 Å². The molecular weight excluding hydrogens is 158 g/mol. The summed E-state index contributed by atoms with van der Waals surface area (Å²) in [6.07, 6.45) is 5.00. The van der Waals surface area contributed by atoms with Crippen molar-refractivity contribution in [2.45, 2.75) is 39.5 Å². The molecule has 1 aliphatic rings. The first kappa shape index (κ1) is 10.8. The van der Waals surface area contributed by atoms with E-state index in [1.807, 2.05) is 0 Å². The van der Waals surface area contributed by atoms with Gasteiger partial charge in [0.1, 0.15) is 0 Å². The molecule has 2 N–H and O–H groups in total. The Morgan fingerprint density at radius 1 is 1.23 bits per heavy atom. The van der Waals surface area contributed by atoms with Crippen LogP contribution >= 0.6 is 0 Å². The molecule has 13 heavy (non-hydrogen) atoms. The predicted molar refractivity (Wildman–Crippen MR) is 58.5 cm³/mol. The van der Waals surface area contributed by atoms with E-state index in [1.165, 1.54) is 24.8 Å². The molecule has 0 aromatic rings. The first-order valence-electron chi connectivity index (χ1n) is 5.48. The van der Waals surface area contributed by atoms with Gasteiger partial charge in [-0.15, -0.1) is 0 Å². The SMILES string of the molecule is C=C1CC(CN)CC(C)C[C@@H](C)C1. The van der Waals surface area contributed by atoms with Crippen molar-refractivity contribution in [3.8, 4) is 0 Å².